The second kappa shape index (κ2) is 10.3. The van der Waals surface area contributed by atoms with Crippen molar-refractivity contribution in [2.75, 3.05) is 32.2 Å². The normalized spacial score (nSPS) is 15.5. The Kier molecular flexibility index (Phi) is 7.21. The molecule has 0 amide bonds. The number of hydrogen-bond acceptors (Lipinski definition) is 7. The maximum Gasteiger partial charge on any atom is 0.338 e. The second-order valence-electron chi connectivity index (χ2n) is 8.29. The summed E-state index contributed by atoms with van der Waals surface area (Å²) in [5.74, 6) is 0.318. The van der Waals surface area contributed by atoms with Gasteiger partial charge in [-0.15, -0.1) is 0 Å². The molecule has 1 aliphatic heterocycles. The molecule has 0 N–H and O–H groups in total. The number of carbonyl (C=O) groups excluding carboxylic acids is 1. The molecular weight excluding hydrogens is 462 g/mol. The topological polar surface area (TPSA) is 73.1 Å². The lowest BCUT2D eigenvalue weighted by Gasteiger charge is -2.25. The van der Waals surface area contributed by atoms with E-state index in [-0.39, 0.29) is 12.2 Å². The summed E-state index contributed by atoms with van der Waals surface area (Å²) in [5.41, 5.74) is 3.46. The van der Waals surface area contributed by atoms with Crippen LogP contribution in [0.1, 0.15) is 37.9 Å². The first-order chi connectivity index (χ1) is 16.8. The fourth-order valence-electron chi connectivity index (χ4n) is 4.04. The highest BCUT2D eigenvalue weighted by atomic mass is 32.1. The van der Waals surface area contributed by atoms with Crippen molar-refractivity contribution >= 4 is 29.1 Å². The Labute approximate surface area is 208 Å². The Morgan fingerprint density at radius 2 is 1.77 bits per heavy atom. The zero-order chi connectivity index (χ0) is 25.1. The summed E-state index contributed by atoms with van der Waals surface area (Å²) in [7, 11) is 3.93. The zero-order valence-corrected chi connectivity index (χ0v) is 21.4. The number of carbonyl (C=O) groups is 1. The molecule has 0 radical (unpaired) electrons. The molecule has 182 valence electrons. The first-order valence-corrected chi connectivity index (χ1v) is 12.4. The van der Waals surface area contributed by atoms with Crippen LogP contribution < -0.4 is 24.5 Å². The first-order valence-electron chi connectivity index (χ1n) is 11.5. The number of anilines is 1. The van der Waals surface area contributed by atoms with Gasteiger partial charge in [-0.3, -0.25) is 9.36 Å². The van der Waals surface area contributed by atoms with E-state index in [1.807, 2.05) is 80.5 Å². The van der Waals surface area contributed by atoms with Gasteiger partial charge in [0.15, 0.2) is 4.80 Å². The summed E-state index contributed by atoms with van der Waals surface area (Å²) in [6.45, 7) is 6.32. The summed E-state index contributed by atoms with van der Waals surface area (Å²) < 4.78 is 13.0. The van der Waals surface area contributed by atoms with Gasteiger partial charge in [0.1, 0.15) is 5.75 Å². The molecule has 2 aromatic carbocycles. The Bertz CT molecular complexity index is 1430. The van der Waals surface area contributed by atoms with Crippen LogP contribution in [0, 0.1) is 0 Å². The van der Waals surface area contributed by atoms with Gasteiger partial charge in [-0.25, -0.2) is 9.79 Å². The smallest absolute Gasteiger partial charge is 0.338 e. The van der Waals surface area contributed by atoms with Crippen LogP contribution in [0.3, 0.4) is 0 Å². The SMILES string of the molecule is CCOC(=O)C1=C(C)N=c2s/c(=C/c3ccc(OCC)cc3)c(=O)n2[C@H]1c1ccc(N(C)C)cc1. The largest absolute Gasteiger partial charge is 0.494 e. The Morgan fingerprint density at radius 3 is 2.37 bits per heavy atom. The molecule has 4 rings (SSSR count). The van der Waals surface area contributed by atoms with Gasteiger partial charge in [0.25, 0.3) is 5.56 Å². The van der Waals surface area contributed by atoms with E-state index in [2.05, 4.69) is 4.99 Å². The van der Waals surface area contributed by atoms with Crippen LogP contribution in [0.4, 0.5) is 5.69 Å². The monoisotopic (exact) mass is 491 g/mol. The average molecular weight is 492 g/mol. The number of thiazole rings is 1. The van der Waals surface area contributed by atoms with Gasteiger partial charge in [-0.05, 0) is 62.2 Å². The van der Waals surface area contributed by atoms with Gasteiger partial charge in [-0.1, -0.05) is 35.6 Å². The molecule has 0 fully saturated rings. The van der Waals surface area contributed by atoms with E-state index in [1.54, 1.807) is 18.4 Å². The van der Waals surface area contributed by atoms with Crippen molar-refractivity contribution in [1.29, 1.82) is 0 Å². The molecule has 1 atom stereocenters. The minimum atomic E-state index is -0.621. The van der Waals surface area contributed by atoms with Gasteiger partial charge < -0.3 is 14.4 Å². The molecule has 0 spiro atoms. The van der Waals surface area contributed by atoms with E-state index in [1.165, 1.54) is 11.3 Å². The van der Waals surface area contributed by atoms with Crippen molar-refractivity contribution in [3.63, 3.8) is 0 Å². The van der Waals surface area contributed by atoms with Crippen molar-refractivity contribution in [2.24, 2.45) is 4.99 Å². The molecule has 3 aromatic rings. The molecule has 0 bridgehead atoms. The highest BCUT2D eigenvalue weighted by Gasteiger charge is 2.33. The van der Waals surface area contributed by atoms with E-state index in [0.717, 1.165) is 22.6 Å². The Balaban J connectivity index is 1.87. The number of benzene rings is 2. The lowest BCUT2D eigenvalue weighted by molar-refractivity contribution is -0.139. The third-order valence-corrected chi connectivity index (χ3v) is 6.71. The summed E-state index contributed by atoms with van der Waals surface area (Å²) in [5, 5.41) is 0. The van der Waals surface area contributed by atoms with Crippen molar-refractivity contribution in [2.45, 2.75) is 26.8 Å². The number of rotatable bonds is 7. The van der Waals surface area contributed by atoms with Crippen LogP contribution in [-0.4, -0.2) is 37.8 Å². The molecule has 1 aliphatic rings. The van der Waals surface area contributed by atoms with E-state index in [4.69, 9.17) is 9.47 Å². The lowest BCUT2D eigenvalue weighted by Crippen LogP contribution is -2.39. The number of fused-ring (bicyclic) bond motifs is 1. The standard InChI is InChI=1S/C27H29N3O4S/c1-6-33-21-14-8-18(9-15-21)16-22-25(31)30-24(19-10-12-20(13-11-19)29(4)5)23(26(32)34-7-2)17(3)28-27(30)35-22/h8-16,24H,6-7H2,1-5H3/b22-16+/t24-/m0/s1. The molecule has 1 aromatic heterocycles. The van der Waals surface area contributed by atoms with Crippen LogP contribution in [0.25, 0.3) is 6.08 Å². The summed E-state index contributed by atoms with van der Waals surface area (Å²) >= 11 is 1.31. The fourth-order valence-corrected chi connectivity index (χ4v) is 5.09. The van der Waals surface area contributed by atoms with E-state index in [9.17, 15) is 9.59 Å². The minimum absolute atomic E-state index is 0.196. The Morgan fingerprint density at radius 1 is 1.09 bits per heavy atom. The zero-order valence-electron chi connectivity index (χ0n) is 20.6. The lowest BCUT2D eigenvalue weighted by atomic mass is 9.95. The van der Waals surface area contributed by atoms with Gasteiger partial charge in [-0.2, -0.15) is 0 Å². The fraction of sp³-hybridized carbons (Fsp3) is 0.296. The van der Waals surface area contributed by atoms with Crippen molar-refractivity contribution in [1.82, 2.24) is 4.57 Å². The first kappa shape index (κ1) is 24.5. The maximum absolute atomic E-state index is 13.7. The van der Waals surface area contributed by atoms with Gasteiger partial charge in [0.05, 0.1) is 35.1 Å². The minimum Gasteiger partial charge on any atom is -0.494 e. The molecule has 0 unspecified atom stereocenters. The van der Waals surface area contributed by atoms with Crippen LogP contribution in [0.5, 0.6) is 5.75 Å². The molecule has 0 saturated carbocycles. The number of hydrogen-bond donors (Lipinski definition) is 0. The van der Waals surface area contributed by atoms with Crippen LogP contribution in [0.2, 0.25) is 0 Å². The van der Waals surface area contributed by atoms with Crippen LogP contribution in [-0.2, 0) is 9.53 Å². The number of aromatic nitrogens is 1. The Hall–Kier alpha value is -3.65. The number of esters is 1. The summed E-state index contributed by atoms with van der Waals surface area (Å²) in [6.07, 6.45) is 1.84. The van der Waals surface area contributed by atoms with Gasteiger partial charge in [0.2, 0.25) is 0 Å². The predicted octanol–water partition coefficient (Wildman–Crippen LogP) is 3.26. The number of allylic oxidation sites excluding steroid dienone is 1. The molecule has 0 aliphatic carbocycles. The molecule has 35 heavy (non-hydrogen) atoms. The van der Waals surface area contributed by atoms with Gasteiger partial charge >= 0.3 is 5.97 Å². The summed E-state index contributed by atoms with van der Waals surface area (Å²) in [4.78, 5) is 33.8. The van der Waals surface area contributed by atoms with E-state index < -0.39 is 12.0 Å². The van der Waals surface area contributed by atoms with E-state index in [0.29, 0.717) is 27.2 Å². The van der Waals surface area contributed by atoms with Crippen molar-refractivity contribution in [3.05, 3.63) is 90.6 Å². The number of ether oxygens (including phenoxy) is 2. The van der Waals surface area contributed by atoms with E-state index >= 15 is 0 Å². The molecule has 2 heterocycles. The second-order valence-corrected chi connectivity index (χ2v) is 9.30. The van der Waals surface area contributed by atoms with Crippen LogP contribution in [0.15, 0.2) is 69.6 Å². The summed E-state index contributed by atoms with van der Waals surface area (Å²) in [6, 6.07) is 14.8. The molecular formula is C27H29N3O4S. The highest BCUT2D eigenvalue weighted by Crippen LogP contribution is 2.31. The third kappa shape index (κ3) is 4.93. The average Bonchev–Trinajstić information content (AvgIpc) is 3.14. The number of nitrogens with zero attached hydrogens (tertiary/aromatic N) is 3. The highest BCUT2D eigenvalue weighted by molar-refractivity contribution is 7.07. The molecule has 7 nitrogen and oxygen atoms in total. The van der Waals surface area contributed by atoms with Crippen molar-refractivity contribution < 1.29 is 14.3 Å². The third-order valence-electron chi connectivity index (χ3n) is 5.73. The molecule has 8 heteroatoms. The maximum atomic E-state index is 13.7. The van der Waals surface area contributed by atoms with Gasteiger partial charge in [0, 0.05) is 19.8 Å². The predicted molar refractivity (Wildman–Crippen MR) is 139 cm³/mol. The quantitative estimate of drug-likeness (QED) is 0.475. The van der Waals surface area contributed by atoms with Crippen molar-refractivity contribution in [3.8, 4) is 5.75 Å². The van der Waals surface area contributed by atoms with Crippen LogP contribution >= 0.6 is 11.3 Å². The molecule has 0 saturated heterocycles.